The zero-order valence-corrected chi connectivity index (χ0v) is 23.5. The third kappa shape index (κ3) is 5.89. The number of ether oxygens (including phenoxy) is 2. The van der Waals surface area contributed by atoms with Gasteiger partial charge in [-0.25, -0.2) is 4.98 Å². The first-order valence-electron chi connectivity index (χ1n) is 12.4. The highest BCUT2D eigenvalue weighted by atomic mass is 79.9. The Kier molecular flexibility index (Phi) is 8.08. The maximum absolute atomic E-state index is 13.5. The van der Waals surface area contributed by atoms with Gasteiger partial charge in [-0.3, -0.25) is 4.79 Å². The van der Waals surface area contributed by atoms with Gasteiger partial charge in [0.1, 0.15) is 6.61 Å². The van der Waals surface area contributed by atoms with Gasteiger partial charge in [0.05, 0.1) is 41.4 Å². The maximum Gasteiger partial charge on any atom is 0.416 e. The summed E-state index contributed by atoms with van der Waals surface area (Å²) in [5.74, 6) is 0.694. The van der Waals surface area contributed by atoms with Gasteiger partial charge in [-0.2, -0.15) is 28.2 Å². The van der Waals surface area contributed by atoms with E-state index in [1.165, 1.54) is 25.5 Å². The second-order valence-electron chi connectivity index (χ2n) is 8.97. The number of nitriles is 1. The zero-order valence-electron chi connectivity index (χ0n) is 21.9. The summed E-state index contributed by atoms with van der Waals surface area (Å²) in [5, 5.41) is 13.9. The fourth-order valence-electron chi connectivity index (χ4n) is 4.21. The molecule has 0 saturated heterocycles. The second-order valence-corrected chi connectivity index (χ2v) is 9.83. The standard InChI is InChI=1S/C31H20BrF3N4O3/c1-41-27-14-22(25(32)15-28(27)42-18-21-8-3-2-7-20(21)16-36)17-37-39-29(19-9-6-10-23(13-19)31(33,34)35)38-26-12-5-4-11-24(26)30(39)40/h2-15,17H,18H2,1H3. The Morgan fingerprint density at radius 1 is 1.02 bits per heavy atom. The van der Waals surface area contributed by atoms with Crippen LogP contribution in [0.15, 0.2) is 99.3 Å². The minimum absolute atomic E-state index is 0.0553. The molecule has 5 rings (SSSR count). The van der Waals surface area contributed by atoms with Gasteiger partial charge in [0.25, 0.3) is 5.56 Å². The summed E-state index contributed by atoms with van der Waals surface area (Å²) in [6.45, 7) is 0.123. The Morgan fingerprint density at radius 3 is 2.55 bits per heavy atom. The molecule has 0 radical (unpaired) electrons. The predicted octanol–water partition coefficient (Wildman–Crippen LogP) is 7.19. The second kappa shape index (κ2) is 11.9. The van der Waals surface area contributed by atoms with E-state index in [0.717, 1.165) is 16.8 Å². The monoisotopic (exact) mass is 632 g/mol. The van der Waals surface area contributed by atoms with Crippen LogP contribution in [0.25, 0.3) is 22.3 Å². The number of para-hydroxylation sites is 1. The largest absolute Gasteiger partial charge is 0.493 e. The number of aromatic nitrogens is 2. The van der Waals surface area contributed by atoms with Crippen molar-refractivity contribution in [3.63, 3.8) is 0 Å². The Hall–Kier alpha value is -4.95. The minimum Gasteiger partial charge on any atom is -0.493 e. The van der Waals surface area contributed by atoms with E-state index in [2.05, 4.69) is 32.1 Å². The lowest BCUT2D eigenvalue weighted by Crippen LogP contribution is -2.20. The molecule has 1 heterocycles. The Labute approximate surface area is 246 Å². The van der Waals surface area contributed by atoms with Crippen molar-refractivity contribution in [2.45, 2.75) is 12.8 Å². The summed E-state index contributed by atoms with van der Waals surface area (Å²) in [7, 11) is 1.46. The predicted molar refractivity (Wildman–Crippen MR) is 156 cm³/mol. The van der Waals surface area contributed by atoms with Crippen molar-refractivity contribution < 1.29 is 22.6 Å². The lowest BCUT2D eigenvalue weighted by Gasteiger charge is -2.14. The van der Waals surface area contributed by atoms with Crippen LogP contribution < -0.4 is 15.0 Å². The molecule has 1 aromatic heterocycles. The summed E-state index contributed by atoms with van der Waals surface area (Å²) >= 11 is 3.48. The number of benzene rings is 4. The van der Waals surface area contributed by atoms with Gasteiger partial charge >= 0.3 is 6.18 Å². The fourth-order valence-corrected chi connectivity index (χ4v) is 4.63. The van der Waals surface area contributed by atoms with Gasteiger partial charge in [0.15, 0.2) is 17.3 Å². The van der Waals surface area contributed by atoms with Crippen molar-refractivity contribution in [1.29, 1.82) is 5.26 Å². The molecule has 0 spiro atoms. The first-order chi connectivity index (χ1) is 20.2. The molecule has 5 aromatic rings. The summed E-state index contributed by atoms with van der Waals surface area (Å²) in [6, 6.07) is 23.6. The van der Waals surface area contributed by atoms with E-state index in [-0.39, 0.29) is 23.4 Å². The molecule has 0 aliphatic heterocycles. The van der Waals surface area contributed by atoms with Crippen LogP contribution in [0.5, 0.6) is 11.5 Å². The van der Waals surface area contributed by atoms with E-state index in [1.807, 2.05) is 6.07 Å². The number of nitrogens with zero attached hydrogens (tertiary/aromatic N) is 4. The van der Waals surface area contributed by atoms with E-state index in [0.29, 0.717) is 38.2 Å². The van der Waals surface area contributed by atoms with Crippen molar-refractivity contribution in [3.05, 3.63) is 122 Å². The van der Waals surface area contributed by atoms with Crippen molar-refractivity contribution in [1.82, 2.24) is 9.66 Å². The minimum atomic E-state index is -4.58. The SMILES string of the molecule is COc1cc(C=Nn2c(-c3cccc(C(F)(F)F)c3)nc3ccccc3c2=O)c(Br)cc1OCc1ccccc1C#N. The van der Waals surface area contributed by atoms with Gasteiger partial charge in [0.2, 0.25) is 0 Å². The summed E-state index contributed by atoms with van der Waals surface area (Å²) in [4.78, 5) is 17.9. The molecule has 0 atom stereocenters. The fraction of sp³-hybridized carbons (Fsp3) is 0.0968. The van der Waals surface area contributed by atoms with Crippen molar-refractivity contribution in [2.24, 2.45) is 5.10 Å². The molecule has 0 N–H and O–H groups in total. The van der Waals surface area contributed by atoms with Crippen LogP contribution >= 0.6 is 15.9 Å². The third-order valence-electron chi connectivity index (χ3n) is 6.32. The average molecular weight is 633 g/mol. The van der Waals surface area contributed by atoms with E-state index in [1.54, 1.807) is 54.6 Å². The third-order valence-corrected chi connectivity index (χ3v) is 7.00. The van der Waals surface area contributed by atoms with Crippen LogP contribution in [0.1, 0.15) is 22.3 Å². The van der Waals surface area contributed by atoms with E-state index in [4.69, 9.17) is 9.47 Å². The first kappa shape index (κ1) is 28.6. The highest BCUT2D eigenvalue weighted by molar-refractivity contribution is 9.10. The molecule has 11 heteroatoms. The van der Waals surface area contributed by atoms with E-state index < -0.39 is 17.3 Å². The molecule has 4 aromatic carbocycles. The van der Waals surface area contributed by atoms with Gasteiger partial charge in [-0.15, -0.1) is 0 Å². The number of rotatable bonds is 7. The van der Waals surface area contributed by atoms with Crippen LogP contribution in [0.3, 0.4) is 0 Å². The molecule has 0 fully saturated rings. The molecule has 0 aliphatic rings. The van der Waals surface area contributed by atoms with Crippen LogP contribution in [0.4, 0.5) is 13.2 Å². The van der Waals surface area contributed by atoms with Gasteiger partial charge in [-0.1, -0.05) is 42.5 Å². The molecule has 0 aliphatic carbocycles. The van der Waals surface area contributed by atoms with Crippen molar-refractivity contribution >= 4 is 33.0 Å². The summed E-state index contributed by atoms with van der Waals surface area (Å²) in [6.07, 6.45) is -3.21. The van der Waals surface area contributed by atoms with Gasteiger partial charge in [-0.05, 0) is 58.4 Å². The van der Waals surface area contributed by atoms with Crippen molar-refractivity contribution in [2.75, 3.05) is 7.11 Å². The molecule has 0 bridgehead atoms. The number of alkyl halides is 3. The number of hydrogen-bond acceptors (Lipinski definition) is 6. The Morgan fingerprint density at radius 2 is 1.79 bits per heavy atom. The molecule has 42 heavy (non-hydrogen) atoms. The molecule has 0 amide bonds. The molecule has 0 unspecified atom stereocenters. The Balaban J connectivity index is 1.55. The number of halogens is 4. The quantitative estimate of drug-likeness (QED) is 0.177. The van der Waals surface area contributed by atoms with Gasteiger partial charge < -0.3 is 9.47 Å². The van der Waals surface area contributed by atoms with E-state index in [9.17, 15) is 23.2 Å². The highest BCUT2D eigenvalue weighted by Gasteiger charge is 2.31. The smallest absolute Gasteiger partial charge is 0.416 e. The summed E-state index contributed by atoms with van der Waals surface area (Å²) in [5.41, 5.74) is 0.652. The lowest BCUT2D eigenvalue weighted by atomic mass is 10.1. The zero-order chi connectivity index (χ0) is 29.9. The number of fused-ring (bicyclic) bond motifs is 1. The average Bonchev–Trinajstić information content (AvgIpc) is 3.00. The Bertz CT molecular complexity index is 1930. The highest BCUT2D eigenvalue weighted by Crippen LogP contribution is 2.34. The maximum atomic E-state index is 13.5. The molecule has 7 nitrogen and oxygen atoms in total. The van der Waals surface area contributed by atoms with Gasteiger partial charge in [0, 0.05) is 21.2 Å². The van der Waals surface area contributed by atoms with Crippen LogP contribution in [-0.4, -0.2) is 23.0 Å². The normalized spacial score (nSPS) is 11.5. The van der Waals surface area contributed by atoms with Crippen molar-refractivity contribution in [3.8, 4) is 29.0 Å². The lowest BCUT2D eigenvalue weighted by molar-refractivity contribution is -0.137. The first-order valence-corrected chi connectivity index (χ1v) is 13.2. The topological polar surface area (TPSA) is 89.5 Å². The summed E-state index contributed by atoms with van der Waals surface area (Å²) < 4.78 is 53.3. The van der Waals surface area contributed by atoms with Crippen LogP contribution in [-0.2, 0) is 12.8 Å². The van der Waals surface area contributed by atoms with Crippen LogP contribution in [0, 0.1) is 11.3 Å². The van der Waals surface area contributed by atoms with E-state index >= 15 is 0 Å². The molecule has 210 valence electrons. The molecule has 0 saturated carbocycles. The molecular formula is C31H20BrF3N4O3. The number of hydrogen-bond donors (Lipinski definition) is 0. The molecular weight excluding hydrogens is 613 g/mol. The van der Waals surface area contributed by atoms with Crippen LogP contribution in [0.2, 0.25) is 0 Å². The number of methoxy groups -OCH3 is 1.